The number of nitrogens with zero attached hydrogens (tertiary/aromatic N) is 3. The number of benzene rings is 3. The molecule has 0 aliphatic carbocycles. The van der Waals surface area contributed by atoms with Gasteiger partial charge in [0.1, 0.15) is 11.5 Å². The minimum atomic E-state index is -0.747. The molecule has 0 unspecified atom stereocenters. The predicted molar refractivity (Wildman–Crippen MR) is 108 cm³/mol. The third kappa shape index (κ3) is 5.23. The maximum atomic E-state index is 12.1. The zero-order chi connectivity index (χ0) is 21.5. The highest BCUT2D eigenvalue weighted by atomic mass is 16.6. The molecule has 10 heteroatoms. The van der Waals surface area contributed by atoms with Crippen LogP contribution >= 0.6 is 0 Å². The molecule has 30 heavy (non-hydrogen) atoms. The fourth-order valence-corrected chi connectivity index (χ4v) is 2.42. The lowest BCUT2D eigenvalue weighted by molar-refractivity contribution is -0.394. The van der Waals surface area contributed by atoms with Gasteiger partial charge in [0.05, 0.1) is 34.3 Å². The van der Waals surface area contributed by atoms with E-state index in [2.05, 4.69) is 10.5 Å². The number of carbonyl (C=O) groups excluding carboxylic acids is 1. The largest absolute Gasteiger partial charge is 0.457 e. The summed E-state index contributed by atoms with van der Waals surface area (Å²) in [6.07, 6.45) is 1.50. The lowest BCUT2D eigenvalue weighted by Crippen LogP contribution is -2.17. The SMILES string of the molecule is O=C(N/N=C/c1ccccc1)c1ccc(Oc2cc([N+](=O)[O-])cc([N+](=O)[O-])c2)cc1. The number of hydrogen-bond donors (Lipinski definition) is 1. The second-order valence-electron chi connectivity index (χ2n) is 5.94. The van der Waals surface area contributed by atoms with E-state index < -0.39 is 27.1 Å². The standard InChI is InChI=1S/C20H14N4O6/c25-20(22-21-13-14-4-2-1-3-5-14)15-6-8-18(9-7-15)30-19-11-16(23(26)27)10-17(12-19)24(28)29/h1-13H,(H,22,25)/b21-13+. The van der Waals surface area contributed by atoms with Crippen LogP contribution in [0.1, 0.15) is 15.9 Å². The second kappa shape index (κ2) is 9.06. The Kier molecular flexibility index (Phi) is 6.08. The van der Waals surface area contributed by atoms with Crippen molar-refractivity contribution in [3.8, 4) is 11.5 Å². The van der Waals surface area contributed by atoms with E-state index >= 15 is 0 Å². The Morgan fingerprint density at radius 2 is 1.47 bits per heavy atom. The smallest absolute Gasteiger partial charge is 0.280 e. The van der Waals surface area contributed by atoms with Crippen LogP contribution in [-0.4, -0.2) is 22.0 Å². The Morgan fingerprint density at radius 1 is 0.867 bits per heavy atom. The summed E-state index contributed by atoms with van der Waals surface area (Å²) in [4.78, 5) is 32.5. The number of hydrazone groups is 1. The van der Waals surface area contributed by atoms with E-state index in [1.54, 1.807) is 0 Å². The first-order valence-electron chi connectivity index (χ1n) is 8.52. The second-order valence-corrected chi connectivity index (χ2v) is 5.94. The molecule has 3 aromatic carbocycles. The topological polar surface area (TPSA) is 137 Å². The van der Waals surface area contributed by atoms with Crippen molar-refractivity contribution in [1.82, 2.24) is 5.43 Å². The number of hydrogen-bond acceptors (Lipinski definition) is 7. The summed E-state index contributed by atoms with van der Waals surface area (Å²) in [6, 6.07) is 18.1. The maximum Gasteiger partial charge on any atom is 0.280 e. The highest BCUT2D eigenvalue weighted by molar-refractivity contribution is 5.95. The molecular weight excluding hydrogens is 392 g/mol. The zero-order valence-electron chi connectivity index (χ0n) is 15.3. The molecule has 3 rings (SSSR count). The first kappa shape index (κ1) is 20.1. The predicted octanol–water partition coefficient (Wildman–Crippen LogP) is 4.06. The highest BCUT2D eigenvalue weighted by Crippen LogP contribution is 2.30. The van der Waals surface area contributed by atoms with Gasteiger partial charge in [-0.2, -0.15) is 5.10 Å². The monoisotopic (exact) mass is 406 g/mol. The Labute approximate surface area is 169 Å². The van der Waals surface area contributed by atoms with E-state index in [1.165, 1.54) is 30.5 Å². The van der Waals surface area contributed by atoms with E-state index in [4.69, 9.17) is 4.74 Å². The summed E-state index contributed by atoms with van der Waals surface area (Å²) in [5.74, 6) is -0.269. The fraction of sp³-hybridized carbons (Fsp3) is 0. The molecule has 0 atom stereocenters. The molecule has 0 saturated carbocycles. The number of rotatable bonds is 7. The number of nitro benzene ring substituents is 2. The van der Waals surface area contributed by atoms with E-state index in [0.29, 0.717) is 5.56 Å². The number of non-ortho nitro benzene ring substituents is 2. The van der Waals surface area contributed by atoms with Crippen molar-refractivity contribution in [2.45, 2.75) is 0 Å². The molecule has 0 bridgehead atoms. The van der Waals surface area contributed by atoms with Gasteiger partial charge in [0.15, 0.2) is 0 Å². The van der Waals surface area contributed by atoms with Gasteiger partial charge in [-0.25, -0.2) is 5.43 Å². The molecule has 1 N–H and O–H groups in total. The Bertz CT molecular complexity index is 1080. The van der Waals surface area contributed by atoms with Crippen LogP contribution in [-0.2, 0) is 0 Å². The minimum Gasteiger partial charge on any atom is -0.457 e. The van der Waals surface area contributed by atoms with Crippen LogP contribution in [0, 0.1) is 20.2 Å². The van der Waals surface area contributed by atoms with Crippen molar-refractivity contribution >= 4 is 23.5 Å². The van der Waals surface area contributed by atoms with E-state index in [-0.39, 0.29) is 11.5 Å². The van der Waals surface area contributed by atoms with Crippen LogP contribution in [0.4, 0.5) is 11.4 Å². The summed E-state index contributed by atoms with van der Waals surface area (Å²) in [7, 11) is 0. The summed E-state index contributed by atoms with van der Waals surface area (Å²) in [6.45, 7) is 0. The van der Waals surface area contributed by atoms with Crippen LogP contribution in [0.5, 0.6) is 11.5 Å². The number of nitrogens with one attached hydrogen (secondary N) is 1. The minimum absolute atomic E-state index is 0.0689. The van der Waals surface area contributed by atoms with E-state index in [9.17, 15) is 25.0 Å². The molecule has 0 aliphatic heterocycles. The Morgan fingerprint density at radius 3 is 2.03 bits per heavy atom. The quantitative estimate of drug-likeness (QED) is 0.357. The van der Waals surface area contributed by atoms with Crippen molar-refractivity contribution in [2.75, 3.05) is 0 Å². The van der Waals surface area contributed by atoms with Gasteiger partial charge in [-0.15, -0.1) is 0 Å². The van der Waals surface area contributed by atoms with Gasteiger partial charge < -0.3 is 4.74 Å². The molecule has 10 nitrogen and oxygen atoms in total. The molecule has 0 radical (unpaired) electrons. The van der Waals surface area contributed by atoms with Crippen molar-refractivity contribution < 1.29 is 19.4 Å². The van der Waals surface area contributed by atoms with Crippen LogP contribution in [0.25, 0.3) is 0 Å². The molecule has 0 spiro atoms. The highest BCUT2D eigenvalue weighted by Gasteiger charge is 2.17. The molecular formula is C20H14N4O6. The number of ether oxygens (including phenoxy) is 1. The molecule has 150 valence electrons. The van der Waals surface area contributed by atoms with E-state index in [1.807, 2.05) is 30.3 Å². The lowest BCUT2D eigenvalue weighted by atomic mass is 10.2. The van der Waals surface area contributed by atoms with Gasteiger partial charge in [-0.05, 0) is 29.8 Å². The normalized spacial score (nSPS) is 10.5. The molecule has 0 aromatic heterocycles. The Balaban J connectivity index is 1.68. The van der Waals surface area contributed by atoms with Crippen LogP contribution < -0.4 is 10.2 Å². The fourth-order valence-electron chi connectivity index (χ4n) is 2.42. The van der Waals surface area contributed by atoms with Crippen molar-refractivity contribution in [2.24, 2.45) is 5.10 Å². The summed E-state index contributed by atoms with van der Waals surface area (Å²) in [5, 5.41) is 25.8. The van der Waals surface area contributed by atoms with Crippen molar-refractivity contribution in [3.05, 3.63) is 104 Å². The van der Waals surface area contributed by atoms with Crippen LogP contribution in [0.2, 0.25) is 0 Å². The zero-order valence-corrected chi connectivity index (χ0v) is 15.3. The van der Waals surface area contributed by atoms with Gasteiger partial charge in [0, 0.05) is 5.56 Å². The van der Waals surface area contributed by atoms with Gasteiger partial charge in [0.2, 0.25) is 0 Å². The molecule has 0 heterocycles. The van der Waals surface area contributed by atoms with Crippen molar-refractivity contribution in [1.29, 1.82) is 0 Å². The van der Waals surface area contributed by atoms with E-state index in [0.717, 1.165) is 23.8 Å². The average molecular weight is 406 g/mol. The molecule has 0 fully saturated rings. The summed E-state index contributed by atoms with van der Waals surface area (Å²) in [5.41, 5.74) is 2.59. The number of amides is 1. The first-order chi connectivity index (χ1) is 14.4. The van der Waals surface area contributed by atoms with Gasteiger partial charge >= 0.3 is 0 Å². The van der Waals surface area contributed by atoms with Crippen LogP contribution in [0.15, 0.2) is 77.9 Å². The number of carbonyl (C=O) groups is 1. The average Bonchev–Trinajstić information content (AvgIpc) is 2.74. The first-order valence-corrected chi connectivity index (χ1v) is 8.52. The lowest BCUT2D eigenvalue weighted by Gasteiger charge is -2.06. The molecule has 0 saturated heterocycles. The third-order valence-corrected chi connectivity index (χ3v) is 3.83. The summed E-state index contributed by atoms with van der Waals surface area (Å²) < 4.78 is 5.46. The maximum absolute atomic E-state index is 12.1. The van der Waals surface area contributed by atoms with Gasteiger partial charge in [-0.1, -0.05) is 30.3 Å². The summed E-state index contributed by atoms with van der Waals surface area (Å²) >= 11 is 0. The molecule has 3 aromatic rings. The van der Waals surface area contributed by atoms with Crippen molar-refractivity contribution in [3.63, 3.8) is 0 Å². The molecule has 0 aliphatic rings. The number of nitro groups is 2. The van der Waals surface area contributed by atoms with Gasteiger partial charge in [0.25, 0.3) is 17.3 Å². The van der Waals surface area contributed by atoms with Gasteiger partial charge in [-0.3, -0.25) is 25.0 Å². The molecule has 1 amide bonds. The Hall–Kier alpha value is -4.60. The van der Waals surface area contributed by atoms with Crippen LogP contribution in [0.3, 0.4) is 0 Å². The third-order valence-electron chi connectivity index (χ3n) is 3.83.